The van der Waals surface area contributed by atoms with E-state index in [9.17, 15) is 31.2 Å². The van der Waals surface area contributed by atoms with Gasteiger partial charge in [-0.15, -0.1) is 0 Å². The fourth-order valence-corrected chi connectivity index (χ4v) is 5.27. The molecule has 2 aromatic carbocycles. The lowest BCUT2D eigenvalue weighted by Crippen LogP contribution is -2.53. The molecule has 1 N–H and O–H groups in total. The Labute approximate surface area is 234 Å². The molecule has 0 aliphatic heterocycles. The molecule has 0 fully saturated rings. The number of sulfonamides is 1. The zero-order valence-corrected chi connectivity index (χ0v) is 24.0. The van der Waals surface area contributed by atoms with Gasteiger partial charge in [-0.3, -0.25) is 13.9 Å². The van der Waals surface area contributed by atoms with Crippen molar-refractivity contribution in [2.75, 3.05) is 17.1 Å². The van der Waals surface area contributed by atoms with E-state index in [1.54, 1.807) is 26.8 Å². The maximum atomic E-state index is 13.7. The van der Waals surface area contributed by atoms with Gasteiger partial charge < -0.3 is 10.2 Å². The molecule has 0 saturated heterocycles. The smallest absolute Gasteiger partial charge is 0.352 e. The summed E-state index contributed by atoms with van der Waals surface area (Å²) in [7, 11) is -4.31. The zero-order valence-electron chi connectivity index (χ0n) is 20.9. The van der Waals surface area contributed by atoms with Gasteiger partial charge in [0.15, 0.2) is 0 Å². The van der Waals surface area contributed by atoms with Crippen molar-refractivity contribution in [2.24, 2.45) is 0 Å². The van der Waals surface area contributed by atoms with Gasteiger partial charge in [0.2, 0.25) is 21.8 Å². The molecule has 7 nitrogen and oxygen atoms in total. The average Bonchev–Trinajstić information content (AvgIpc) is 2.77. The highest BCUT2D eigenvalue weighted by Gasteiger charge is 2.35. The van der Waals surface area contributed by atoms with Gasteiger partial charge in [0, 0.05) is 28.2 Å². The number of hydrogen-bond donors (Lipinski definition) is 1. The number of benzene rings is 2. The molecule has 0 heterocycles. The second-order valence-corrected chi connectivity index (χ2v) is 11.9. The molecule has 0 saturated carbocycles. The number of nitrogens with one attached hydrogen (secondary N) is 1. The van der Waals surface area contributed by atoms with Gasteiger partial charge in [0.05, 0.1) is 22.5 Å². The standard InChI is InChI=1S/C24H27Cl3F3N3O4S/c1-5-20(23(35)31-14(2)3)32(12-16-17(25)7-6-8-18(16)26)22(34)13-33(38(4,36)37)21-11-15(24(28,29)30)9-10-19(21)27/h6-11,14,20H,5,12-13H2,1-4H3,(H,31,35). The lowest BCUT2D eigenvalue weighted by molar-refractivity contribution is -0.140. The summed E-state index contributed by atoms with van der Waals surface area (Å²) in [6.45, 7) is 3.89. The van der Waals surface area contributed by atoms with Crippen molar-refractivity contribution in [3.8, 4) is 0 Å². The molecule has 210 valence electrons. The lowest BCUT2D eigenvalue weighted by Gasteiger charge is -2.33. The van der Waals surface area contributed by atoms with E-state index in [1.165, 1.54) is 12.1 Å². The van der Waals surface area contributed by atoms with Crippen LogP contribution in [0, 0.1) is 0 Å². The average molecular weight is 617 g/mol. The first-order chi connectivity index (χ1) is 17.5. The van der Waals surface area contributed by atoms with Crippen LogP contribution in [0.1, 0.15) is 38.3 Å². The number of carbonyl (C=O) groups excluding carboxylic acids is 2. The number of rotatable bonds is 10. The minimum absolute atomic E-state index is 0.134. The van der Waals surface area contributed by atoms with Gasteiger partial charge in [0.1, 0.15) is 12.6 Å². The van der Waals surface area contributed by atoms with Crippen molar-refractivity contribution >= 4 is 62.3 Å². The SMILES string of the molecule is CCC(C(=O)NC(C)C)N(Cc1c(Cl)cccc1Cl)C(=O)CN(c1cc(C(F)(F)F)ccc1Cl)S(C)(=O)=O. The van der Waals surface area contributed by atoms with Crippen molar-refractivity contribution in [2.45, 2.75) is 52.0 Å². The van der Waals surface area contributed by atoms with Gasteiger partial charge in [0.25, 0.3) is 0 Å². The normalized spacial score (nSPS) is 12.8. The molecule has 2 amide bonds. The Hall–Kier alpha value is -2.21. The summed E-state index contributed by atoms with van der Waals surface area (Å²) < 4.78 is 65.9. The van der Waals surface area contributed by atoms with Crippen LogP contribution in [-0.4, -0.2) is 50.0 Å². The monoisotopic (exact) mass is 615 g/mol. The van der Waals surface area contributed by atoms with Crippen LogP contribution >= 0.6 is 34.8 Å². The molecule has 14 heteroatoms. The van der Waals surface area contributed by atoms with Gasteiger partial charge in [-0.05, 0) is 50.6 Å². The van der Waals surface area contributed by atoms with Gasteiger partial charge in [-0.1, -0.05) is 47.8 Å². The summed E-state index contributed by atoms with van der Waals surface area (Å²) in [5.41, 5.74) is -1.38. The van der Waals surface area contributed by atoms with Crippen molar-refractivity contribution in [3.63, 3.8) is 0 Å². The summed E-state index contributed by atoms with van der Waals surface area (Å²) in [5.74, 6) is -1.40. The highest BCUT2D eigenvalue weighted by Crippen LogP contribution is 2.36. The van der Waals surface area contributed by atoms with E-state index in [0.717, 1.165) is 17.2 Å². The topological polar surface area (TPSA) is 86.8 Å². The van der Waals surface area contributed by atoms with Crippen molar-refractivity contribution in [1.82, 2.24) is 10.2 Å². The van der Waals surface area contributed by atoms with E-state index < -0.39 is 51.9 Å². The number of nitrogens with zero attached hydrogens (tertiary/aromatic N) is 2. The predicted molar refractivity (Wildman–Crippen MR) is 143 cm³/mol. The van der Waals surface area contributed by atoms with Gasteiger partial charge in [-0.25, -0.2) is 8.42 Å². The summed E-state index contributed by atoms with van der Waals surface area (Å²) in [6.07, 6.45) is -3.92. The third-order valence-electron chi connectivity index (χ3n) is 5.43. The number of halogens is 6. The largest absolute Gasteiger partial charge is 0.416 e. The molecular formula is C24H27Cl3F3N3O4S. The molecule has 1 atom stereocenters. The first kappa shape index (κ1) is 32.0. The fourth-order valence-electron chi connectivity index (χ4n) is 3.63. The molecule has 1 unspecified atom stereocenters. The van der Waals surface area contributed by atoms with Crippen molar-refractivity contribution in [3.05, 3.63) is 62.6 Å². The summed E-state index contributed by atoms with van der Waals surface area (Å²) in [5, 5.41) is 2.81. The molecule has 2 aromatic rings. The quantitative estimate of drug-likeness (QED) is 0.368. The Morgan fingerprint density at radius 1 is 1.03 bits per heavy atom. The van der Waals surface area contributed by atoms with Crippen LogP contribution in [0.5, 0.6) is 0 Å². The Bertz CT molecular complexity index is 1270. The van der Waals surface area contributed by atoms with E-state index >= 15 is 0 Å². The highest BCUT2D eigenvalue weighted by molar-refractivity contribution is 7.92. The van der Waals surface area contributed by atoms with E-state index in [1.807, 2.05) is 0 Å². The van der Waals surface area contributed by atoms with Gasteiger partial charge >= 0.3 is 6.18 Å². The predicted octanol–water partition coefficient (Wildman–Crippen LogP) is 5.76. The summed E-state index contributed by atoms with van der Waals surface area (Å²) in [6, 6.07) is 5.46. The number of hydrogen-bond acceptors (Lipinski definition) is 4. The van der Waals surface area contributed by atoms with Crippen LogP contribution in [0.3, 0.4) is 0 Å². The van der Waals surface area contributed by atoms with Crippen LogP contribution in [0.15, 0.2) is 36.4 Å². The third kappa shape index (κ3) is 8.14. The Morgan fingerprint density at radius 3 is 2.08 bits per heavy atom. The number of carbonyl (C=O) groups is 2. The molecule has 0 aliphatic rings. The molecule has 0 aromatic heterocycles. The number of alkyl halides is 3. The Balaban J connectivity index is 2.61. The molecular weight excluding hydrogens is 590 g/mol. The van der Waals surface area contributed by atoms with Crippen molar-refractivity contribution < 1.29 is 31.2 Å². The third-order valence-corrected chi connectivity index (χ3v) is 7.58. The Morgan fingerprint density at radius 2 is 1.61 bits per heavy atom. The van der Waals surface area contributed by atoms with E-state index in [2.05, 4.69) is 5.32 Å². The maximum absolute atomic E-state index is 13.7. The summed E-state index contributed by atoms with van der Waals surface area (Å²) in [4.78, 5) is 27.8. The van der Waals surface area contributed by atoms with Crippen LogP contribution in [0.2, 0.25) is 15.1 Å². The van der Waals surface area contributed by atoms with E-state index in [4.69, 9.17) is 34.8 Å². The van der Waals surface area contributed by atoms with Crippen molar-refractivity contribution in [1.29, 1.82) is 0 Å². The lowest BCUT2D eigenvalue weighted by atomic mass is 10.1. The Kier molecular flexibility index (Phi) is 10.7. The maximum Gasteiger partial charge on any atom is 0.416 e. The minimum atomic E-state index is -4.79. The van der Waals surface area contributed by atoms with Gasteiger partial charge in [-0.2, -0.15) is 13.2 Å². The first-order valence-corrected chi connectivity index (χ1v) is 14.3. The molecule has 0 radical (unpaired) electrons. The highest BCUT2D eigenvalue weighted by atomic mass is 35.5. The second kappa shape index (κ2) is 12.8. The molecule has 0 spiro atoms. The fraction of sp³-hybridized carbons (Fsp3) is 0.417. The van der Waals surface area contributed by atoms with Crippen LogP contribution < -0.4 is 9.62 Å². The molecule has 0 aliphatic carbocycles. The number of amides is 2. The molecule has 2 rings (SSSR count). The number of anilines is 1. The van der Waals surface area contributed by atoms with Crippen LogP contribution in [0.4, 0.5) is 18.9 Å². The zero-order chi connectivity index (χ0) is 29.0. The summed E-state index contributed by atoms with van der Waals surface area (Å²) >= 11 is 18.7. The van der Waals surface area contributed by atoms with E-state index in [0.29, 0.717) is 22.0 Å². The van der Waals surface area contributed by atoms with E-state index in [-0.39, 0.29) is 34.1 Å². The van der Waals surface area contributed by atoms with Crippen LogP contribution in [-0.2, 0) is 32.3 Å². The minimum Gasteiger partial charge on any atom is -0.352 e. The molecule has 38 heavy (non-hydrogen) atoms. The van der Waals surface area contributed by atoms with Crippen LogP contribution in [0.25, 0.3) is 0 Å². The first-order valence-electron chi connectivity index (χ1n) is 11.3. The molecule has 0 bridgehead atoms. The second-order valence-electron chi connectivity index (χ2n) is 8.74.